The summed E-state index contributed by atoms with van der Waals surface area (Å²) in [5, 5.41) is 4.28. The molecule has 102 valence electrons. The molecule has 19 heavy (non-hydrogen) atoms. The lowest BCUT2D eigenvalue weighted by Gasteiger charge is -2.16. The normalized spacial score (nSPS) is 12.2. The topological polar surface area (TPSA) is 62.3 Å². The second-order valence-corrected chi connectivity index (χ2v) is 4.17. The van der Waals surface area contributed by atoms with E-state index in [0.29, 0.717) is 5.75 Å². The number of hydrogen-bond acceptors (Lipinski definition) is 4. The predicted molar refractivity (Wildman–Crippen MR) is 73.5 cm³/mol. The number of benzene rings is 1. The van der Waals surface area contributed by atoms with E-state index in [1.165, 1.54) is 0 Å². The van der Waals surface area contributed by atoms with Crippen molar-refractivity contribution in [2.75, 3.05) is 14.2 Å². The fourth-order valence-electron chi connectivity index (χ4n) is 2.09. The quantitative estimate of drug-likeness (QED) is 0.893. The van der Waals surface area contributed by atoms with Gasteiger partial charge in [0, 0.05) is 6.54 Å². The molecule has 0 radical (unpaired) electrons. The summed E-state index contributed by atoms with van der Waals surface area (Å²) in [7, 11) is 3.26. The lowest BCUT2D eigenvalue weighted by atomic mass is 10.0. The molecule has 0 saturated heterocycles. The lowest BCUT2D eigenvalue weighted by Crippen LogP contribution is -2.18. The minimum Gasteiger partial charge on any atom is -0.497 e. The SMILES string of the molecule is CCn1ncc(OC)c1C(N)c1cccc(OC)c1. The van der Waals surface area contributed by atoms with Crippen LogP contribution in [0.25, 0.3) is 0 Å². The Labute approximate surface area is 112 Å². The van der Waals surface area contributed by atoms with Crippen molar-refractivity contribution in [3.05, 3.63) is 41.7 Å². The Bertz CT molecular complexity index is 530. The van der Waals surface area contributed by atoms with Crippen molar-refractivity contribution in [2.24, 2.45) is 5.73 Å². The van der Waals surface area contributed by atoms with Gasteiger partial charge in [-0.05, 0) is 24.6 Å². The molecule has 0 bridgehead atoms. The first kappa shape index (κ1) is 13.4. The van der Waals surface area contributed by atoms with Gasteiger partial charge in [0.2, 0.25) is 0 Å². The van der Waals surface area contributed by atoms with Gasteiger partial charge >= 0.3 is 0 Å². The second kappa shape index (κ2) is 5.75. The smallest absolute Gasteiger partial charge is 0.161 e. The van der Waals surface area contributed by atoms with E-state index in [1.54, 1.807) is 20.4 Å². The van der Waals surface area contributed by atoms with Crippen LogP contribution in [0.1, 0.15) is 24.2 Å². The summed E-state index contributed by atoms with van der Waals surface area (Å²) in [5.74, 6) is 1.49. The van der Waals surface area contributed by atoms with E-state index in [0.717, 1.165) is 23.6 Å². The van der Waals surface area contributed by atoms with Crippen LogP contribution in [0.5, 0.6) is 11.5 Å². The summed E-state index contributed by atoms with van der Waals surface area (Å²) >= 11 is 0. The molecule has 1 unspecified atom stereocenters. The second-order valence-electron chi connectivity index (χ2n) is 4.17. The zero-order valence-electron chi connectivity index (χ0n) is 11.5. The molecule has 0 amide bonds. The van der Waals surface area contributed by atoms with E-state index in [4.69, 9.17) is 15.2 Å². The predicted octanol–water partition coefficient (Wildman–Crippen LogP) is 1.97. The summed E-state index contributed by atoms with van der Waals surface area (Å²) in [4.78, 5) is 0. The van der Waals surface area contributed by atoms with Gasteiger partial charge in [0.1, 0.15) is 11.4 Å². The molecule has 5 nitrogen and oxygen atoms in total. The number of methoxy groups -OCH3 is 2. The van der Waals surface area contributed by atoms with E-state index in [9.17, 15) is 0 Å². The van der Waals surface area contributed by atoms with Gasteiger partial charge in [-0.15, -0.1) is 0 Å². The highest BCUT2D eigenvalue weighted by atomic mass is 16.5. The molecule has 0 saturated carbocycles. The number of rotatable bonds is 5. The van der Waals surface area contributed by atoms with Crippen molar-refractivity contribution in [2.45, 2.75) is 19.5 Å². The van der Waals surface area contributed by atoms with Crippen molar-refractivity contribution in [1.29, 1.82) is 0 Å². The van der Waals surface area contributed by atoms with Crippen molar-refractivity contribution in [3.63, 3.8) is 0 Å². The van der Waals surface area contributed by atoms with E-state index in [-0.39, 0.29) is 6.04 Å². The lowest BCUT2D eigenvalue weighted by molar-refractivity contribution is 0.403. The van der Waals surface area contributed by atoms with E-state index in [1.807, 2.05) is 35.9 Å². The van der Waals surface area contributed by atoms with Gasteiger partial charge in [0.05, 0.1) is 26.5 Å². The first-order valence-electron chi connectivity index (χ1n) is 6.20. The zero-order valence-corrected chi connectivity index (χ0v) is 11.5. The fraction of sp³-hybridized carbons (Fsp3) is 0.357. The Morgan fingerprint density at radius 3 is 2.74 bits per heavy atom. The third-order valence-corrected chi connectivity index (χ3v) is 3.11. The molecule has 0 fully saturated rings. The molecule has 1 atom stereocenters. The maximum atomic E-state index is 6.34. The number of hydrogen-bond donors (Lipinski definition) is 1. The first-order valence-corrected chi connectivity index (χ1v) is 6.20. The molecule has 1 aromatic carbocycles. The van der Waals surface area contributed by atoms with Crippen molar-refractivity contribution in [1.82, 2.24) is 9.78 Å². The highest BCUT2D eigenvalue weighted by molar-refractivity contribution is 5.39. The minimum atomic E-state index is -0.299. The van der Waals surface area contributed by atoms with Crippen molar-refractivity contribution < 1.29 is 9.47 Å². The van der Waals surface area contributed by atoms with Gasteiger partial charge in [-0.2, -0.15) is 5.10 Å². The Balaban J connectivity index is 2.42. The van der Waals surface area contributed by atoms with Crippen LogP contribution in [0.4, 0.5) is 0 Å². The average molecular weight is 261 g/mol. The van der Waals surface area contributed by atoms with Gasteiger partial charge in [-0.1, -0.05) is 12.1 Å². The van der Waals surface area contributed by atoms with Crippen LogP contribution in [0.2, 0.25) is 0 Å². The Morgan fingerprint density at radius 1 is 1.32 bits per heavy atom. The molecular formula is C14H19N3O2. The summed E-state index contributed by atoms with van der Waals surface area (Å²) in [6.07, 6.45) is 1.69. The number of aryl methyl sites for hydroxylation is 1. The van der Waals surface area contributed by atoms with Gasteiger partial charge in [0.25, 0.3) is 0 Å². The van der Waals surface area contributed by atoms with Gasteiger partial charge in [-0.25, -0.2) is 0 Å². The number of nitrogens with zero attached hydrogens (tertiary/aromatic N) is 2. The van der Waals surface area contributed by atoms with Crippen LogP contribution in [0.15, 0.2) is 30.5 Å². The summed E-state index contributed by atoms with van der Waals surface area (Å²) in [5.41, 5.74) is 8.18. The molecule has 0 spiro atoms. The summed E-state index contributed by atoms with van der Waals surface area (Å²) in [6, 6.07) is 7.42. The average Bonchev–Trinajstić information content (AvgIpc) is 2.89. The van der Waals surface area contributed by atoms with Gasteiger partial charge in [-0.3, -0.25) is 4.68 Å². The highest BCUT2D eigenvalue weighted by Gasteiger charge is 2.20. The van der Waals surface area contributed by atoms with E-state index < -0.39 is 0 Å². The third kappa shape index (κ3) is 2.56. The zero-order chi connectivity index (χ0) is 13.8. The monoisotopic (exact) mass is 261 g/mol. The molecule has 5 heteroatoms. The maximum absolute atomic E-state index is 6.34. The summed E-state index contributed by atoms with van der Waals surface area (Å²) < 4.78 is 12.4. The van der Waals surface area contributed by atoms with Crippen LogP contribution >= 0.6 is 0 Å². The van der Waals surface area contributed by atoms with Crippen LogP contribution in [0, 0.1) is 0 Å². The summed E-state index contributed by atoms with van der Waals surface area (Å²) in [6.45, 7) is 2.77. The van der Waals surface area contributed by atoms with E-state index >= 15 is 0 Å². The highest BCUT2D eigenvalue weighted by Crippen LogP contribution is 2.29. The molecule has 1 heterocycles. The Morgan fingerprint density at radius 2 is 2.11 bits per heavy atom. The standard InChI is InChI=1S/C14H19N3O2/c1-4-17-14(12(19-3)9-16-17)13(15)10-6-5-7-11(8-10)18-2/h5-9,13H,4,15H2,1-3H3. The number of nitrogens with two attached hydrogens (primary N) is 1. The Hall–Kier alpha value is -2.01. The number of aromatic nitrogens is 2. The van der Waals surface area contributed by atoms with Crippen LogP contribution in [0.3, 0.4) is 0 Å². The molecule has 1 aromatic heterocycles. The fourth-order valence-corrected chi connectivity index (χ4v) is 2.09. The number of ether oxygens (including phenoxy) is 2. The van der Waals surface area contributed by atoms with Crippen molar-refractivity contribution >= 4 is 0 Å². The van der Waals surface area contributed by atoms with Crippen molar-refractivity contribution in [3.8, 4) is 11.5 Å². The molecule has 0 aliphatic carbocycles. The van der Waals surface area contributed by atoms with E-state index in [2.05, 4.69) is 5.10 Å². The molecule has 2 N–H and O–H groups in total. The molecule has 0 aliphatic heterocycles. The Kier molecular flexibility index (Phi) is 4.06. The maximum Gasteiger partial charge on any atom is 0.161 e. The molecule has 2 aromatic rings. The van der Waals surface area contributed by atoms with Crippen LogP contribution in [-0.2, 0) is 6.54 Å². The molecule has 0 aliphatic rings. The molecule has 2 rings (SSSR count). The van der Waals surface area contributed by atoms with Crippen LogP contribution < -0.4 is 15.2 Å². The van der Waals surface area contributed by atoms with Gasteiger partial charge in [0.15, 0.2) is 5.75 Å². The minimum absolute atomic E-state index is 0.299. The van der Waals surface area contributed by atoms with Crippen LogP contribution in [-0.4, -0.2) is 24.0 Å². The largest absolute Gasteiger partial charge is 0.497 e. The van der Waals surface area contributed by atoms with Gasteiger partial charge < -0.3 is 15.2 Å². The third-order valence-electron chi connectivity index (χ3n) is 3.11. The molecular weight excluding hydrogens is 242 g/mol. The first-order chi connectivity index (χ1) is 9.21.